The molecule has 0 unspecified atom stereocenters. The number of hydrogen-bond acceptors (Lipinski definition) is 2. The Kier molecular flexibility index (Phi) is 7.10. The zero-order valence-corrected chi connectivity index (χ0v) is 11.0. The van der Waals surface area contributed by atoms with Gasteiger partial charge >= 0.3 is 0 Å². The van der Waals surface area contributed by atoms with Crippen LogP contribution in [0, 0.1) is 5.92 Å². The van der Waals surface area contributed by atoms with Crippen molar-refractivity contribution >= 4 is 5.91 Å². The molecule has 0 fully saturated rings. The van der Waals surface area contributed by atoms with E-state index in [4.69, 9.17) is 4.74 Å². The maximum absolute atomic E-state index is 11.9. The minimum atomic E-state index is -0.0444. The molecule has 18 heavy (non-hydrogen) atoms. The molecule has 1 aromatic rings. The van der Waals surface area contributed by atoms with Gasteiger partial charge in [0.25, 0.3) is 5.91 Å². The lowest BCUT2D eigenvalue weighted by Crippen LogP contribution is -2.33. The Morgan fingerprint density at radius 2 is 2.00 bits per heavy atom. The maximum atomic E-state index is 11.9. The van der Waals surface area contributed by atoms with E-state index in [-0.39, 0.29) is 19.4 Å². The summed E-state index contributed by atoms with van der Waals surface area (Å²) in [5, 5.41) is 2.98. The summed E-state index contributed by atoms with van der Waals surface area (Å²) in [4.78, 5) is 11.9. The molecule has 1 rings (SSSR count). The van der Waals surface area contributed by atoms with E-state index in [1.54, 1.807) is 19.2 Å². The minimum Gasteiger partial charge on any atom is -0.497 e. The van der Waals surface area contributed by atoms with Crippen LogP contribution in [0.5, 0.6) is 5.75 Å². The van der Waals surface area contributed by atoms with Crippen LogP contribution in [0.4, 0.5) is 0 Å². The molecule has 0 saturated carbocycles. The molecule has 3 nitrogen and oxygen atoms in total. The van der Waals surface area contributed by atoms with E-state index in [9.17, 15) is 4.79 Å². The van der Waals surface area contributed by atoms with Crippen molar-refractivity contribution in [3.63, 3.8) is 0 Å². The average molecular weight is 251 g/mol. The smallest absolute Gasteiger partial charge is 0.251 e. The molecule has 0 heterocycles. The first-order valence-electron chi connectivity index (χ1n) is 5.98. The third kappa shape index (κ3) is 5.21. The zero-order valence-electron chi connectivity index (χ0n) is 11.0. The molecule has 0 saturated heterocycles. The van der Waals surface area contributed by atoms with Gasteiger partial charge in [0.1, 0.15) is 5.75 Å². The van der Waals surface area contributed by atoms with Gasteiger partial charge in [-0.15, -0.1) is 0 Å². The molecule has 0 spiro atoms. The highest BCUT2D eigenvalue weighted by atomic mass is 16.5. The fourth-order valence-corrected chi connectivity index (χ4v) is 1.84. The quantitative estimate of drug-likeness (QED) is 0.870. The SMILES string of the molecule is C.COc1cccc(C(=O)N[C@H](C)CC(C)C)c1. The molecule has 0 aliphatic carbocycles. The fraction of sp³-hybridized carbons (Fsp3) is 0.533. The van der Waals surface area contributed by atoms with E-state index in [1.165, 1.54) is 0 Å². The van der Waals surface area contributed by atoms with E-state index < -0.39 is 0 Å². The molecule has 1 N–H and O–H groups in total. The van der Waals surface area contributed by atoms with Crippen LogP contribution >= 0.6 is 0 Å². The first kappa shape index (κ1) is 16.5. The van der Waals surface area contributed by atoms with Gasteiger partial charge in [0.05, 0.1) is 7.11 Å². The molecule has 0 aliphatic rings. The molecule has 1 aromatic carbocycles. The number of carbonyl (C=O) groups excluding carboxylic acids is 1. The molecule has 0 radical (unpaired) electrons. The van der Waals surface area contributed by atoms with E-state index in [1.807, 2.05) is 19.1 Å². The number of methoxy groups -OCH3 is 1. The molecule has 0 aliphatic heterocycles. The fourth-order valence-electron chi connectivity index (χ4n) is 1.84. The second kappa shape index (κ2) is 7.75. The summed E-state index contributed by atoms with van der Waals surface area (Å²) < 4.78 is 5.09. The minimum absolute atomic E-state index is 0. The largest absolute Gasteiger partial charge is 0.497 e. The van der Waals surface area contributed by atoms with Gasteiger partial charge in [0.2, 0.25) is 0 Å². The summed E-state index contributed by atoms with van der Waals surface area (Å²) in [6, 6.07) is 7.38. The molecule has 3 heteroatoms. The summed E-state index contributed by atoms with van der Waals surface area (Å²) in [7, 11) is 1.60. The Hall–Kier alpha value is -1.51. The van der Waals surface area contributed by atoms with Gasteiger partial charge in [0, 0.05) is 11.6 Å². The predicted molar refractivity (Wildman–Crippen MR) is 76.1 cm³/mol. The van der Waals surface area contributed by atoms with Gasteiger partial charge in [-0.25, -0.2) is 0 Å². The van der Waals surface area contributed by atoms with Crippen LogP contribution in [0.25, 0.3) is 0 Å². The van der Waals surface area contributed by atoms with Crippen LogP contribution in [0.1, 0.15) is 45.0 Å². The van der Waals surface area contributed by atoms with Crippen molar-refractivity contribution in [2.24, 2.45) is 5.92 Å². The standard InChI is InChI=1S/C14H21NO2.CH4/c1-10(2)8-11(3)15-14(16)12-6-5-7-13(9-12)17-4;/h5-7,9-11H,8H2,1-4H3,(H,15,16);1H4/t11-;/m1./s1. The van der Waals surface area contributed by atoms with Gasteiger partial charge in [-0.2, -0.15) is 0 Å². The van der Waals surface area contributed by atoms with E-state index in [0.29, 0.717) is 17.2 Å². The van der Waals surface area contributed by atoms with E-state index in [2.05, 4.69) is 19.2 Å². The van der Waals surface area contributed by atoms with Gasteiger partial charge < -0.3 is 10.1 Å². The van der Waals surface area contributed by atoms with Gasteiger partial charge in [-0.1, -0.05) is 27.3 Å². The Labute approximate surface area is 111 Å². The molecular weight excluding hydrogens is 226 g/mol. The highest BCUT2D eigenvalue weighted by Crippen LogP contribution is 2.13. The first-order valence-corrected chi connectivity index (χ1v) is 5.98. The first-order chi connectivity index (χ1) is 8.02. The number of benzene rings is 1. The van der Waals surface area contributed by atoms with Crippen LogP contribution in [-0.2, 0) is 0 Å². The summed E-state index contributed by atoms with van der Waals surface area (Å²) >= 11 is 0. The third-order valence-corrected chi connectivity index (χ3v) is 2.53. The Morgan fingerprint density at radius 3 is 2.56 bits per heavy atom. The highest BCUT2D eigenvalue weighted by molar-refractivity contribution is 5.94. The van der Waals surface area contributed by atoms with E-state index >= 15 is 0 Å². The van der Waals surface area contributed by atoms with Crippen molar-refractivity contribution in [3.8, 4) is 5.75 Å². The molecule has 0 aromatic heterocycles. The van der Waals surface area contributed by atoms with Crippen molar-refractivity contribution in [1.82, 2.24) is 5.32 Å². The summed E-state index contributed by atoms with van der Waals surface area (Å²) in [6.45, 7) is 6.32. The van der Waals surface area contributed by atoms with Crippen molar-refractivity contribution < 1.29 is 9.53 Å². The second-order valence-corrected chi connectivity index (χ2v) is 4.74. The molecular formula is C15H25NO2. The Morgan fingerprint density at radius 1 is 1.33 bits per heavy atom. The zero-order chi connectivity index (χ0) is 12.8. The predicted octanol–water partition coefficient (Wildman–Crippen LogP) is 3.50. The van der Waals surface area contributed by atoms with Gasteiger partial charge in [0.15, 0.2) is 0 Å². The highest BCUT2D eigenvalue weighted by Gasteiger charge is 2.11. The number of hydrogen-bond donors (Lipinski definition) is 1. The van der Waals surface area contributed by atoms with Crippen LogP contribution in [0.15, 0.2) is 24.3 Å². The summed E-state index contributed by atoms with van der Waals surface area (Å²) in [6.07, 6.45) is 0.982. The maximum Gasteiger partial charge on any atom is 0.251 e. The molecule has 102 valence electrons. The topological polar surface area (TPSA) is 38.3 Å². The lowest BCUT2D eigenvalue weighted by atomic mass is 10.0. The number of ether oxygens (including phenoxy) is 1. The molecule has 0 bridgehead atoms. The van der Waals surface area contributed by atoms with Crippen molar-refractivity contribution in [2.75, 3.05) is 7.11 Å². The lowest BCUT2D eigenvalue weighted by molar-refractivity contribution is 0.0936. The number of rotatable bonds is 5. The Bertz CT molecular complexity index is 375. The third-order valence-electron chi connectivity index (χ3n) is 2.53. The Balaban J connectivity index is 0.00000289. The second-order valence-electron chi connectivity index (χ2n) is 4.74. The van der Waals surface area contributed by atoms with Crippen LogP contribution < -0.4 is 10.1 Å². The number of nitrogens with one attached hydrogen (secondary N) is 1. The normalized spacial score (nSPS) is 11.6. The molecule has 1 atom stereocenters. The number of amides is 1. The average Bonchev–Trinajstić information content (AvgIpc) is 2.27. The lowest BCUT2D eigenvalue weighted by Gasteiger charge is -2.16. The van der Waals surface area contributed by atoms with Crippen molar-refractivity contribution in [1.29, 1.82) is 0 Å². The monoisotopic (exact) mass is 251 g/mol. The summed E-state index contributed by atoms with van der Waals surface area (Å²) in [5.74, 6) is 1.24. The van der Waals surface area contributed by atoms with Crippen molar-refractivity contribution in [3.05, 3.63) is 29.8 Å². The van der Waals surface area contributed by atoms with Crippen LogP contribution in [-0.4, -0.2) is 19.1 Å². The van der Waals surface area contributed by atoms with Crippen LogP contribution in [0.3, 0.4) is 0 Å². The molecule has 1 amide bonds. The van der Waals surface area contributed by atoms with E-state index in [0.717, 1.165) is 6.42 Å². The summed E-state index contributed by atoms with van der Waals surface area (Å²) in [5.41, 5.74) is 0.639. The van der Waals surface area contributed by atoms with Gasteiger partial charge in [-0.3, -0.25) is 4.79 Å². The van der Waals surface area contributed by atoms with Crippen molar-refractivity contribution in [2.45, 2.75) is 40.7 Å². The van der Waals surface area contributed by atoms with Gasteiger partial charge in [-0.05, 0) is 37.5 Å². The van der Waals surface area contributed by atoms with Crippen LogP contribution in [0.2, 0.25) is 0 Å². The number of carbonyl (C=O) groups is 1.